The molecule has 2 amide bonds. The number of nitrogens with zero attached hydrogens (tertiary/aromatic N) is 2. The van der Waals surface area contributed by atoms with E-state index in [1.165, 1.54) is 0 Å². The monoisotopic (exact) mass is 317 g/mol. The van der Waals surface area contributed by atoms with Gasteiger partial charge in [-0.25, -0.2) is 0 Å². The van der Waals surface area contributed by atoms with E-state index in [2.05, 4.69) is 10.2 Å². The van der Waals surface area contributed by atoms with E-state index in [4.69, 9.17) is 4.74 Å². The van der Waals surface area contributed by atoms with Crippen molar-refractivity contribution in [2.24, 2.45) is 5.92 Å². The minimum atomic E-state index is -0.556. The highest BCUT2D eigenvalue weighted by atomic mass is 16.5. The lowest BCUT2D eigenvalue weighted by Gasteiger charge is -2.26. The standard InChI is InChI=1S/C17H23N3O3/c21-16(18-7-9-19-10-12-23-13-11-19)15-6-8-20(17(15)22)14-4-2-1-3-5-14/h1-5,15H,6-13H2,(H,18,21)/t15-/m0/s1. The maximum atomic E-state index is 12.5. The van der Waals surface area contributed by atoms with Crippen molar-refractivity contribution in [3.63, 3.8) is 0 Å². The Morgan fingerprint density at radius 2 is 1.91 bits per heavy atom. The molecule has 0 aromatic heterocycles. The van der Waals surface area contributed by atoms with E-state index in [1.54, 1.807) is 4.90 Å². The highest BCUT2D eigenvalue weighted by molar-refractivity contribution is 6.09. The van der Waals surface area contributed by atoms with E-state index >= 15 is 0 Å². The first-order valence-corrected chi connectivity index (χ1v) is 8.20. The molecule has 1 aromatic carbocycles. The van der Waals surface area contributed by atoms with Gasteiger partial charge in [0.05, 0.1) is 13.2 Å². The van der Waals surface area contributed by atoms with Gasteiger partial charge in [-0.3, -0.25) is 14.5 Å². The predicted octanol–water partition coefficient (Wildman–Crippen LogP) is 0.488. The second kappa shape index (κ2) is 7.57. The lowest BCUT2D eigenvalue weighted by atomic mass is 10.1. The summed E-state index contributed by atoms with van der Waals surface area (Å²) >= 11 is 0. The Bertz CT molecular complexity index is 543. The molecule has 124 valence electrons. The van der Waals surface area contributed by atoms with E-state index in [0.29, 0.717) is 19.5 Å². The van der Waals surface area contributed by atoms with Crippen LogP contribution in [0.25, 0.3) is 0 Å². The van der Waals surface area contributed by atoms with Crippen molar-refractivity contribution in [3.05, 3.63) is 30.3 Å². The van der Waals surface area contributed by atoms with Crippen molar-refractivity contribution >= 4 is 17.5 Å². The number of ether oxygens (including phenoxy) is 1. The average molecular weight is 317 g/mol. The van der Waals surface area contributed by atoms with Crippen LogP contribution in [0.2, 0.25) is 0 Å². The molecular weight excluding hydrogens is 294 g/mol. The van der Waals surface area contributed by atoms with Gasteiger partial charge in [-0.1, -0.05) is 18.2 Å². The maximum Gasteiger partial charge on any atom is 0.239 e. The highest BCUT2D eigenvalue weighted by Gasteiger charge is 2.37. The molecule has 2 aliphatic rings. The third kappa shape index (κ3) is 3.89. The number of para-hydroxylation sites is 1. The fraction of sp³-hybridized carbons (Fsp3) is 0.529. The zero-order valence-electron chi connectivity index (χ0n) is 13.2. The molecule has 0 aliphatic carbocycles. The Kier molecular flexibility index (Phi) is 5.25. The molecule has 0 bridgehead atoms. The fourth-order valence-electron chi connectivity index (χ4n) is 3.07. The van der Waals surface area contributed by atoms with Crippen molar-refractivity contribution < 1.29 is 14.3 Å². The zero-order chi connectivity index (χ0) is 16.1. The van der Waals surface area contributed by atoms with Crippen LogP contribution in [0.5, 0.6) is 0 Å². The van der Waals surface area contributed by atoms with E-state index in [-0.39, 0.29) is 11.8 Å². The summed E-state index contributed by atoms with van der Waals surface area (Å²) in [7, 11) is 0. The van der Waals surface area contributed by atoms with Gasteiger partial charge in [-0.15, -0.1) is 0 Å². The van der Waals surface area contributed by atoms with E-state index < -0.39 is 5.92 Å². The molecule has 2 aliphatic heterocycles. The van der Waals surface area contributed by atoms with Crippen molar-refractivity contribution in [2.75, 3.05) is 50.8 Å². The molecule has 0 spiro atoms. The molecule has 23 heavy (non-hydrogen) atoms. The van der Waals surface area contributed by atoms with Gasteiger partial charge >= 0.3 is 0 Å². The third-order valence-electron chi connectivity index (χ3n) is 4.42. The molecule has 1 atom stereocenters. The summed E-state index contributed by atoms with van der Waals surface area (Å²) in [6.45, 7) is 5.29. The molecule has 0 radical (unpaired) electrons. The smallest absolute Gasteiger partial charge is 0.239 e. The number of hydrogen-bond acceptors (Lipinski definition) is 4. The van der Waals surface area contributed by atoms with Crippen LogP contribution in [0.15, 0.2) is 30.3 Å². The summed E-state index contributed by atoms with van der Waals surface area (Å²) in [5.41, 5.74) is 0.862. The second-order valence-corrected chi connectivity index (χ2v) is 5.91. The Morgan fingerprint density at radius 3 is 2.65 bits per heavy atom. The first kappa shape index (κ1) is 16.0. The molecule has 6 heteroatoms. The van der Waals surface area contributed by atoms with Gasteiger partial charge in [0.15, 0.2) is 0 Å². The number of hydrogen-bond donors (Lipinski definition) is 1. The second-order valence-electron chi connectivity index (χ2n) is 5.91. The molecule has 6 nitrogen and oxygen atoms in total. The number of carbonyl (C=O) groups excluding carboxylic acids is 2. The summed E-state index contributed by atoms with van der Waals surface area (Å²) in [6.07, 6.45) is 0.580. The normalized spacial score (nSPS) is 22.3. The SMILES string of the molecule is O=C(NCCN1CCOCC1)[C@@H]1CCN(c2ccccc2)C1=O. The summed E-state index contributed by atoms with van der Waals surface area (Å²) in [5.74, 6) is -0.804. The van der Waals surface area contributed by atoms with Gasteiger partial charge in [-0.2, -0.15) is 0 Å². The van der Waals surface area contributed by atoms with Crippen LogP contribution in [-0.2, 0) is 14.3 Å². The number of rotatable bonds is 5. The first-order valence-electron chi connectivity index (χ1n) is 8.20. The molecule has 1 N–H and O–H groups in total. The van der Waals surface area contributed by atoms with Crippen molar-refractivity contribution in [1.82, 2.24) is 10.2 Å². The van der Waals surface area contributed by atoms with Crippen LogP contribution >= 0.6 is 0 Å². The quantitative estimate of drug-likeness (QED) is 0.803. The van der Waals surface area contributed by atoms with Gasteiger partial charge in [0.25, 0.3) is 0 Å². The molecule has 2 heterocycles. The Labute approximate surface area is 136 Å². The summed E-state index contributed by atoms with van der Waals surface area (Å²) in [4.78, 5) is 28.7. The van der Waals surface area contributed by atoms with Crippen LogP contribution in [0.1, 0.15) is 6.42 Å². The Morgan fingerprint density at radius 1 is 1.17 bits per heavy atom. The molecule has 3 rings (SSSR count). The topological polar surface area (TPSA) is 61.9 Å². The molecule has 1 aromatic rings. The lowest BCUT2D eigenvalue weighted by Crippen LogP contribution is -2.43. The number of nitrogens with one attached hydrogen (secondary N) is 1. The number of carbonyl (C=O) groups is 2. The van der Waals surface area contributed by atoms with Crippen LogP contribution in [0.4, 0.5) is 5.69 Å². The molecule has 2 fully saturated rings. The average Bonchev–Trinajstić information content (AvgIpc) is 2.98. The number of anilines is 1. The van der Waals surface area contributed by atoms with Gasteiger partial charge < -0.3 is 15.0 Å². The lowest BCUT2D eigenvalue weighted by molar-refractivity contribution is -0.132. The van der Waals surface area contributed by atoms with Gasteiger partial charge in [0, 0.05) is 38.4 Å². The maximum absolute atomic E-state index is 12.5. The summed E-state index contributed by atoms with van der Waals surface area (Å²) in [6, 6.07) is 9.52. The van der Waals surface area contributed by atoms with Gasteiger partial charge in [0.2, 0.25) is 11.8 Å². The van der Waals surface area contributed by atoms with E-state index in [0.717, 1.165) is 38.5 Å². The van der Waals surface area contributed by atoms with E-state index in [1.807, 2.05) is 30.3 Å². The van der Waals surface area contributed by atoms with Crippen LogP contribution in [-0.4, -0.2) is 62.7 Å². The van der Waals surface area contributed by atoms with E-state index in [9.17, 15) is 9.59 Å². The molecule has 0 saturated carbocycles. The van der Waals surface area contributed by atoms with Crippen LogP contribution in [0.3, 0.4) is 0 Å². The number of amides is 2. The summed E-state index contributed by atoms with van der Waals surface area (Å²) < 4.78 is 5.30. The number of morpholine rings is 1. The van der Waals surface area contributed by atoms with Gasteiger partial charge in [-0.05, 0) is 18.6 Å². The fourth-order valence-corrected chi connectivity index (χ4v) is 3.07. The minimum Gasteiger partial charge on any atom is -0.379 e. The Balaban J connectivity index is 1.47. The van der Waals surface area contributed by atoms with Crippen molar-refractivity contribution in [1.29, 1.82) is 0 Å². The Hall–Kier alpha value is -1.92. The third-order valence-corrected chi connectivity index (χ3v) is 4.42. The molecular formula is C17H23N3O3. The largest absolute Gasteiger partial charge is 0.379 e. The highest BCUT2D eigenvalue weighted by Crippen LogP contribution is 2.24. The predicted molar refractivity (Wildman–Crippen MR) is 87.2 cm³/mol. The van der Waals surface area contributed by atoms with Crippen LogP contribution in [0, 0.1) is 5.92 Å². The first-order chi connectivity index (χ1) is 11.3. The van der Waals surface area contributed by atoms with Gasteiger partial charge in [0.1, 0.15) is 5.92 Å². The van der Waals surface area contributed by atoms with Crippen molar-refractivity contribution in [2.45, 2.75) is 6.42 Å². The van der Waals surface area contributed by atoms with Crippen molar-refractivity contribution in [3.8, 4) is 0 Å². The minimum absolute atomic E-state index is 0.0972. The van der Waals surface area contributed by atoms with Crippen LogP contribution < -0.4 is 10.2 Å². The molecule has 0 unspecified atom stereocenters. The number of benzene rings is 1. The molecule has 2 saturated heterocycles. The zero-order valence-corrected chi connectivity index (χ0v) is 13.2. The summed E-state index contributed by atoms with van der Waals surface area (Å²) in [5, 5.41) is 2.91.